The zero-order chi connectivity index (χ0) is 10.7. The summed E-state index contributed by atoms with van der Waals surface area (Å²) in [5, 5.41) is 3.31. The first-order chi connectivity index (χ1) is 7.25. The SMILES string of the molecule is CN1C[C@H](COC2CCNCC2)CC1=O. The van der Waals surface area contributed by atoms with Crippen LogP contribution in [-0.2, 0) is 9.53 Å². The van der Waals surface area contributed by atoms with Crippen molar-refractivity contribution in [2.24, 2.45) is 5.92 Å². The predicted octanol–water partition coefficient (Wildman–Crippen LogP) is 0.233. The molecule has 1 amide bonds. The normalized spacial score (nSPS) is 28.7. The fraction of sp³-hybridized carbons (Fsp3) is 0.909. The van der Waals surface area contributed by atoms with Gasteiger partial charge in [0.1, 0.15) is 0 Å². The third kappa shape index (κ3) is 2.92. The number of nitrogens with one attached hydrogen (secondary N) is 1. The van der Waals surface area contributed by atoms with E-state index in [0.29, 0.717) is 18.4 Å². The highest BCUT2D eigenvalue weighted by Crippen LogP contribution is 2.18. The number of amides is 1. The number of hydrogen-bond donors (Lipinski definition) is 1. The van der Waals surface area contributed by atoms with Crippen molar-refractivity contribution in [1.29, 1.82) is 0 Å². The molecule has 86 valence electrons. The van der Waals surface area contributed by atoms with Gasteiger partial charge in [0.15, 0.2) is 0 Å². The number of carbonyl (C=O) groups excluding carboxylic acids is 1. The maximum Gasteiger partial charge on any atom is 0.222 e. The largest absolute Gasteiger partial charge is 0.378 e. The summed E-state index contributed by atoms with van der Waals surface area (Å²) in [6, 6.07) is 0. The third-order valence-electron chi connectivity index (χ3n) is 3.27. The Balaban J connectivity index is 1.67. The van der Waals surface area contributed by atoms with E-state index in [1.807, 2.05) is 7.05 Å². The fourth-order valence-corrected chi connectivity index (χ4v) is 2.30. The van der Waals surface area contributed by atoms with Crippen molar-refractivity contribution in [3.05, 3.63) is 0 Å². The summed E-state index contributed by atoms with van der Waals surface area (Å²) in [5.74, 6) is 0.672. The quantitative estimate of drug-likeness (QED) is 0.728. The van der Waals surface area contributed by atoms with Crippen LogP contribution in [0.25, 0.3) is 0 Å². The first-order valence-electron chi connectivity index (χ1n) is 5.82. The summed E-state index contributed by atoms with van der Waals surface area (Å²) in [4.78, 5) is 13.1. The molecule has 2 rings (SSSR count). The third-order valence-corrected chi connectivity index (χ3v) is 3.27. The Morgan fingerprint density at radius 3 is 2.80 bits per heavy atom. The molecule has 2 saturated heterocycles. The van der Waals surface area contributed by atoms with Crippen molar-refractivity contribution in [2.75, 3.05) is 33.3 Å². The van der Waals surface area contributed by atoms with Crippen molar-refractivity contribution in [3.63, 3.8) is 0 Å². The molecule has 2 fully saturated rings. The van der Waals surface area contributed by atoms with Gasteiger partial charge in [-0.1, -0.05) is 0 Å². The van der Waals surface area contributed by atoms with Crippen molar-refractivity contribution in [2.45, 2.75) is 25.4 Å². The van der Waals surface area contributed by atoms with Crippen molar-refractivity contribution in [1.82, 2.24) is 10.2 Å². The van der Waals surface area contributed by atoms with Gasteiger partial charge in [0.2, 0.25) is 5.91 Å². The van der Waals surface area contributed by atoms with E-state index in [1.165, 1.54) is 0 Å². The Bertz CT molecular complexity index is 227. The molecule has 0 aromatic rings. The number of hydrogen-bond acceptors (Lipinski definition) is 3. The van der Waals surface area contributed by atoms with Gasteiger partial charge < -0.3 is 15.0 Å². The molecule has 0 saturated carbocycles. The summed E-state index contributed by atoms with van der Waals surface area (Å²) < 4.78 is 5.84. The molecule has 0 aromatic carbocycles. The van der Waals surface area contributed by atoms with E-state index < -0.39 is 0 Å². The molecule has 1 atom stereocenters. The Morgan fingerprint density at radius 2 is 2.20 bits per heavy atom. The second-order valence-corrected chi connectivity index (χ2v) is 4.63. The second-order valence-electron chi connectivity index (χ2n) is 4.63. The van der Waals surface area contributed by atoms with Gasteiger partial charge in [-0.15, -0.1) is 0 Å². The second kappa shape index (κ2) is 4.94. The summed E-state index contributed by atoms with van der Waals surface area (Å²) in [7, 11) is 1.87. The Kier molecular flexibility index (Phi) is 3.59. The molecule has 4 heteroatoms. The summed E-state index contributed by atoms with van der Waals surface area (Å²) in [6.07, 6.45) is 3.29. The Labute approximate surface area is 91.0 Å². The van der Waals surface area contributed by atoms with E-state index in [-0.39, 0.29) is 5.91 Å². The lowest BCUT2D eigenvalue weighted by atomic mass is 10.1. The average molecular weight is 212 g/mol. The van der Waals surface area contributed by atoms with Crippen molar-refractivity contribution >= 4 is 5.91 Å². The molecule has 4 nitrogen and oxygen atoms in total. The number of ether oxygens (including phenoxy) is 1. The molecule has 0 unspecified atom stereocenters. The van der Waals surface area contributed by atoms with Crippen LogP contribution in [0, 0.1) is 5.92 Å². The zero-order valence-electron chi connectivity index (χ0n) is 9.37. The number of nitrogens with zero attached hydrogens (tertiary/aromatic N) is 1. The van der Waals surface area contributed by atoms with Crippen LogP contribution in [0.1, 0.15) is 19.3 Å². The van der Waals surface area contributed by atoms with Gasteiger partial charge in [-0.25, -0.2) is 0 Å². The van der Waals surface area contributed by atoms with E-state index >= 15 is 0 Å². The maximum absolute atomic E-state index is 11.3. The van der Waals surface area contributed by atoms with E-state index in [4.69, 9.17) is 4.74 Å². The van der Waals surface area contributed by atoms with Crippen LogP contribution >= 0.6 is 0 Å². The topological polar surface area (TPSA) is 41.6 Å². The van der Waals surface area contributed by atoms with Crippen LogP contribution in [0.5, 0.6) is 0 Å². The Hall–Kier alpha value is -0.610. The highest BCUT2D eigenvalue weighted by Gasteiger charge is 2.27. The molecule has 0 aliphatic carbocycles. The monoisotopic (exact) mass is 212 g/mol. The molecule has 0 spiro atoms. The summed E-state index contributed by atoms with van der Waals surface area (Å²) in [6.45, 7) is 3.74. The minimum atomic E-state index is 0.258. The lowest BCUT2D eigenvalue weighted by molar-refractivity contribution is -0.126. The van der Waals surface area contributed by atoms with Gasteiger partial charge in [-0.3, -0.25) is 4.79 Å². The number of rotatable bonds is 3. The summed E-state index contributed by atoms with van der Waals surface area (Å²) >= 11 is 0. The minimum absolute atomic E-state index is 0.258. The molecule has 1 N–H and O–H groups in total. The number of carbonyl (C=O) groups is 1. The van der Waals surface area contributed by atoms with E-state index in [2.05, 4.69) is 5.32 Å². The maximum atomic E-state index is 11.3. The highest BCUT2D eigenvalue weighted by atomic mass is 16.5. The van der Waals surface area contributed by atoms with Crippen molar-refractivity contribution in [3.8, 4) is 0 Å². The van der Waals surface area contributed by atoms with Crippen LogP contribution < -0.4 is 5.32 Å². The molecule has 15 heavy (non-hydrogen) atoms. The molecule has 2 heterocycles. The van der Waals surface area contributed by atoms with Crippen LogP contribution in [0.2, 0.25) is 0 Å². The smallest absolute Gasteiger partial charge is 0.222 e. The molecule has 2 aliphatic rings. The van der Waals surface area contributed by atoms with Gasteiger partial charge in [0, 0.05) is 25.9 Å². The molecule has 0 radical (unpaired) electrons. The molecular weight excluding hydrogens is 192 g/mol. The lowest BCUT2D eigenvalue weighted by Gasteiger charge is -2.24. The average Bonchev–Trinajstić information content (AvgIpc) is 2.57. The van der Waals surface area contributed by atoms with Crippen molar-refractivity contribution < 1.29 is 9.53 Å². The van der Waals surface area contributed by atoms with Crippen LogP contribution in [-0.4, -0.2) is 50.2 Å². The fourth-order valence-electron chi connectivity index (χ4n) is 2.30. The molecular formula is C11H20N2O2. The number of likely N-dealkylation sites (tertiary alicyclic amines) is 1. The highest BCUT2D eigenvalue weighted by molar-refractivity contribution is 5.78. The molecule has 2 aliphatic heterocycles. The Morgan fingerprint density at radius 1 is 1.47 bits per heavy atom. The van der Waals surface area contributed by atoms with Gasteiger partial charge in [-0.2, -0.15) is 0 Å². The predicted molar refractivity (Wildman–Crippen MR) is 57.6 cm³/mol. The van der Waals surface area contributed by atoms with Gasteiger partial charge >= 0.3 is 0 Å². The van der Waals surface area contributed by atoms with Crippen LogP contribution in [0.3, 0.4) is 0 Å². The van der Waals surface area contributed by atoms with E-state index in [0.717, 1.165) is 39.1 Å². The van der Waals surface area contributed by atoms with E-state index in [1.54, 1.807) is 4.90 Å². The van der Waals surface area contributed by atoms with E-state index in [9.17, 15) is 4.79 Å². The van der Waals surface area contributed by atoms with Gasteiger partial charge in [0.05, 0.1) is 12.7 Å². The molecule has 0 aromatic heterocycles. The molecule has 0 bridgehead atoms. The lowest BCUT2D eigenvalue weighted by Crippen LogP contribution is -2.33. The first kappa shape index (κ1) is 10.9. The number of piperidine rings is 1. The van der Waals surface area contributed by atoms with Gasteiger partial charge in [-0.05, 0) is 25.9 Å². The standard InChI is InChI=1S/C11H20N2O2/c1-13-7-9(6-11(13)14)8-15-10-2-4-12-5-3-10/h9-10,12H,2-8H2,1H3/t9-/m1/s1. The minimum Gasteiger partial charge on any atom is -0.378 e. The zero-order valence-corrected chi connectivity index (χ0v) is 9.37. The van der Waals surface area contributed by atoms with Crippen LogP contribution in [0.15, 0.2) is 0 Å². The summed E-state index contributed by atoms with van der Waals surface area (Å²) in [5.41, 5.74) is 0. The van der Waals surface area contributed by atoms with Gasteiger partial charge in [0.25, 0.3) is 0 Å². The van der Waals surface area contributed by atoms with Crippen LogP contribution in [0.4, 0.5) is 0 Å². The first-order valence-corrected chi connectivity index (χ1v) is 5.82.